The van der Waals surface area contributed by atoms with E-state index in [1.54, 1.807) is 24.9 Å². The van der Waals surface area contributed by atoms with Gasteiger partial charge in [-0.3, -0.25) is 0 Å². The highest BCUT2D eigenvalue weighted by molar-refractivity contribution is 8.03. The molecule has 0 unspecified atom stereocenters. The molecule has 0 atom stereocenters. The van der Waals surface area contributed by atoms with Crippen LogP contribution in [0.2, 0.25) is 0 Å². The largest absolute Gasteiger partial charge is 0.507 e. The third kappa shape index (κ3) is 3.17. The summed E-state index contributed by atoms with van der Waals surface area (Å²) in [5.74, 6) is 0.971. The SMILES string of the molecule is CN1CC=C(Sc2ccc(O[11CH3])cc2O)CC1. The van der Waals surface area contributed by atoms with Crippen LogP contribution in [-0.4, -0.2) is 37.3 Å². The summed E-state index contributed by atoms with van der Waals surface area (Å²) in [6.45, 7) is 2.06. The summed E-state index contributed by atoms with van der Waals surface area (Å²) in [4.78, 5) is 4.49. The fraction of sp³-hybridized carbons (Fsp3) is 0.385. The molecule has 0 saturated carbocycles. The lowest BCUT2D eigenvalue weighted by Crippen LogP contribution is -2.23. The molecule has 0 amide bonds. The smallest absolute Gasteiger partial charge is 0.133 e. The first kappa shape index (κ1) is 12.3. The van der Waals surface area contributed by atoms with Crippen LogP contribution in [0.3, 0.4) is 0 Å². The van der Waals surface area contributed by atoms with Gasteiger partial charge in [0.1, 0.15) is 11.5 Å². The van der Waals surface area contributed by atoms with Crippen molar-refractivity contribution in [3.05, 3.63) is 29.2 Å². The first-order valence-electron chi connectivity index (χ1n) is 5.61. The highest BCUT2D eigenvalue weighted by atomic mass is 32.2. The van der Waals surface area contributed by atoms with E-state index >= 15 is 0 Å². The number of nitrogens with zero attached hydrogens (tertiary/aromatic N) is 1. The van der Waals surface area contributed by atoms with Gasteiger partial charge in [-0.25, -0.2) is 0 Å². The van der Waals surface area contributed by atoms with Crippen molar-refractivity contribution < 1.29 is 9.84 Å². The molecule has 0 fully saturated rings. The van der Waals surface area contributed by atoms with Gasteiger partial charge < -0.3 is 14.7 Å². The maximum absolute atomic E-state index is 9.87. The zero-order chi connectivity index (χ0) is 12.3. The summed E-state index contributed by atoms with van der Waals surface area (Å²) in [5, 5.41) is 9.87. The molecule has 0 bridgehead atoms. The van der Waals surface area contributed by atoms with Gasteiger partial charge in [0.2, 0.25) is 0 Å². The summed E-state index contributed by atoms with van der Waals surface area (Å²) in [5.41, 5.74) is 0. The Bertz CT molecular complexity index is 431. The van der Waals surface area contributed by atoms with Crippen LogP contribution in [0.1, 0.15) is 6.42 Å². The molecule has 1 aliphatic rings. The Labute approximate surface area is 106 Å². The minimum atomic E-state index is 0.286. The van der Waals surface area contributed by atoms with Gasteiger partial charge in [-0.1, -0.05) is 17.8 Å². The number of likely N-dealkylation sites (N-methyl/N-ethyl adjacent to an activating group) is 1. The molecule has 4 heteroatoms. The Kier molecular flexibility index (Phi) is 3.97. The Balaban J connectivity index is 2.08. The van der Waals surface area contributed by atoms with E-state index in [4.69, 9.17) is 4.74 Å². The first-order chi connectivity index (χ1) is 8.19. The van der Waals surface area contributed by atoms with Gasteiger partial charge in [0, 0.05) is 19.2 Å². The zero-order valence-corrected chi connectivity index (χ0v) is 11.0. The molecule has 1 aliphatic heterocycles. The highest BCUT2D eigenvalue weighted by Crippen LogP contribution is 2.37. The third-order valence-corrected chi connectivity index (χ3v) is 3.98. The van der Waals surface area contributed by atoms with Gasteiger partial charge >= 0.3 is 0 Å². The van der Waals surface area contributed by atoms with Gasteiger partial charge in [0.15, 0.2) is 0 Å². The molecule has 92 valence electrons. The lowest BCUT2D eigenvalue weighted by molar-refractivity contribution is 0.364. The third-order valence-electron chi connectivity index (χ3n) is 2.78. The number of phenolic OH excluding ortho intramolecular Hbond substituents is 1. The molecule has 0 spiro atoms. The maximum atomic E-state index is 9.87. The Morgan fingerprint density at radius 1 is 1.41 bits per heavy atom. The number of rotatable bonds is 3. The summed E-state index contributed by atoms with van der Waals surface area (Å²) in [7, 11) is 3.71. The van der Waals surface area contributed by atoms with Crippen molar-refractivity contribution in [3.63, 3.8) is 0 Å². The van der Waals surface area contributed by atoms with Gasteiger partial charge in [-0.15, -0.1) is 0 Å². The first-order valence-corrected chi connectivity index (χ1v) is 6.43. The van der Waals surface area contributed by atoms with Crippen molar-refractivity contribution in [2.24, 2.45) is 0 Å². The van der Waals surface area contributed by atoms with Crippen LogP contribution in [0.25, 0.3) is 0 Å². The highest BCUT2D eigenvalue weighted by Gasteiger charge is 2.11. The number of aromatic hydroxyl groups is 1. The second kappa shape index (κ2) is 5.47. The van der Waals surface area contributed by atoms with Crippen LogP contribution in [0.15, 0.2) is 34.1 Å². The molecule has 1 aromatic rings. The molecule has 0 aliphatic carbocycles. The standard InChI is InChI=1S/C13H17NO2S/c1-14-7-5-11(6-8-14)17-13-4-3-10(16-2)9-12(13)15/h3-5,9,15H,6-8H2,1-2H3/i2-1. The molecule has 3 nitrogen and oxygen atoms in total. The fourth-order valence-electron chi connectivity index (χ4n) is 1.70. The van der Waals surface area contributed by atoms with E-state index in [-0.39, 0.29) is 5.75 Å². The number of phenols is 1. The molecule has 1 heterocycles. The topological polar surface area (TPSA) is 32.7 Å². The lowest BCUT2D eigenvalue weighted by atomic mass is 10.3. The van der Waals surface area contributed by atoms with Crippen molar-refractivity contribution in [2.45, 2.75) is 11.3 Å². The minimum Gasteiger partial charge on any atom is -0.507 e. The Hall–Kier alpha value is -1.13. The molecule has 0 radical (unpaired) electrons. The summed E-state index contributed by atoms with van der Waals surface area (Å²) >= 11 is 1.64. The van der Waals surface area contributed by atoms with E-state index in [1.807, 2.05) is 12.1 Å². The van der Waals surface area contributed by atoms with Crippen molar-refractivity contribution in [1.82, 2.24) is 4.90 Å². The predicted molar refractivity (Wildman–Crippen MR) is 70.7 cm³/mol. The van der Waals surface area contributed by atoms with E-state index in [0.29, 0.717) is 5.75 Å². The van der Waals surface area contributed by atoms with Crippen molar-refractivity contribution in [3.8, 4) is 11.5 Å². The molecule has 1 N–H and O–H groups in total. The molecule has 1 aromatic carbocycles. The van der Waals surface area contributed by atoms with E-state index in [0.717, 1.165) is 24.4 Å². The van der Waals surface area contributed by atoms with Crippen molar-refractivity contribution >= 4 is 11.8 Å². The molecule has 2 rings (SSSR count). The van der Waals surface area contributed by atoms with Crippen LogP contribution in [-0.2, 0) is 0 Å². The molecule has 0 aromatic heterocycles. The van der Waals surface area contributed by atoms with E-state index in [9.17, 15) is 5.11 Å². The average molecular weight is 250 g/mol. The minimum absolute atomic E-state index is 0.286. The maximum Gasteiger partial charge on any atom is 0.133 e. The lowest BCUT2D eigenvalue weighted by Gasteiger charge is -2.21. The normalized spacial score (nSPS) is 16.7. The molecule has 17 heavy (non-hydrogen) atoms. The van der Waals surface area contributed by atoms with Crippen LogP contribution in [0.4, 0.5) is 0 Å². The summed E-state index contributed by atoms with van der Waals surface area (Å²) < 4.78 is 5.06. The van der Waals surface area contributed by atoms with Gasteiger partial charge in [0.25, 0.3) is 0 Å². The quantitative estimate of drug-likeness (QED) is 0.894. The number of hydrogen-bond donors (Lipinski definition) is 1. The average Bonchev–Trinajstić information content (AvgIpc) is 2.34. The molecular weight excluding hydrogens is 233 g/mol. The summed E-state index contributed by atoms with van der Waals surface area (Å²) in [6.07, 6.45) is 3.27. The Morgan fingerprint density at radius 3 is 2.82 bits per heavy atom. The van der Waals surface area contributed by atoms with Crippen molar-refractivity contribution in [1.29, 1.82) is 0 Å². The monoisotopic (exact) mass is 250 g/mol. The van der Waals surface area contributed by atoms with E-state index in [1.165, 1.54) is 4.91 Å². The Morgan fingerprint density at radius 2 is 2.24 bits per heavy atom. The van der Waals surface area contributed by atoms with Crippen LogP contribution in [0.5, 0.6) is 11.5 Å². The second-order valence-electron chi connectivity index (χ2n) is 4.12. The van der Waals surface area contributed by atoms with Crippen LogP contribution >= 0.6 is 11.8 Å². The van der Waals surface area contributed by atoms with Gasteiger partial charge in [0.05, 0.1) is 12.0 Å². The zero-order valence-electron chi connectivity index (χ0n) is 10.1. The molecular formula is C13H17NO2S. The number of hydrogen-bond acceptors (Lipinski definition) is 4. The van der Waals surface area contributed by atoms with E-state index in [2.05, 4.69) is 18.0 Å². The van der Waals surface area contributed by atoms with Crippen LogP contribution < -0.4 is 4.74 Å². The summed E-state index contributed by atoms with van der Waals surface area (Å²) in [6, 6.07) is 5.42. The number of methoxy groups -OCH3 is 1. The molecule has 0 saturated heterocycles. The fourth-order valence-corrected chi connectivity index (χ4v) is 2.63. The van der Waals surface area contributed by atoms with Gasteiger partial charge in [-0.2, -0.15) is 0 Å². The number of thioether (sulfide) groups is 1. The number of benzene rings is 1. The predicted octanol–water partition coefficient (Wildman–Crippen LogP) is 2.71. The number of ether oxygens (including phenoxy) is 1. The second-order valence-corrected chi connectivity index (χ2v) is 5.29. The van der Waals surface area contributed by atoms with E-state index < -0.39 is 0 Å². The van der Waals surface area contributed by atoms with Crippen LogP contribution in [0, 0.1) is 0 Å². The van der Waals surface area contributed by atoms with Crippen molar-refractivity contribution in [2.75, 3.05) is 27.2 Å². The van der Waals surface area contributed by atoms with Gasteiger partial charge in [-0.05, 0) is 30.5 Å².